The Bertz CT molecular complexity index is 610. The summed E-state index contributed by atoms with van der Waals surface area (Å²) in [6.45, 7) is 1.42. The Balaban J connectivity index is 1.98. The van der Waals surface area contributed by atoms with Gasteiger partial charge in [-0.2, -0.15) is 5.10 Å². The van der Waals surface area contributed by atoms with Crippen molar-refractivity contribution >= 4 is 33.2 Å². The standard InChI is InChI=1S/C11H12BrN5O/c12-9-5-8-11(14-2-4-17(8)15-9)16-3-1-7(6-16)10(13)18/h2,4-5,7H,1,3,6H2,(H2,13,18). The summed E-state index contributed by atoms with van der Waals surface area (Å²) in [5.74, 6) is 0.525. The Kier molecular flexibility index (Phi) is 2.70. The van der Waals surface area contributed by atoms with Crippen LogP contribution < -0.4 is 10.6 Å². The van der Waals surface area contributed by atoms with Crippen molar-refractivity contribution in [2.45, 2.75) is 6.42 Å². The minimum Gasteiger partial charge on any atom is -0.369 e. The number of primary amides is 1. The second kappa shape index (κ2) is 4.24. The Morgan fingerprint density at radius 3 is 3.11 bits per heavy atom. The molecule has 18 heavy (non-hydrogen) atoms. The summed E-state index contributed by atoms with van der Waals surface area (Å²) in [6.07, 6.45) is 4.29. The molecule has 7 heteroatoms. The first-order valence-electron chi connectivity index (χ1n) is 5.69. The van der Waals surface area contributed by atoms with Crippen LogP contribution in [0.5, 0.6) is 0 Å². The monoisotopic (exact) mass is 309 g/mol. The number of carbonyl (C=O) groups is 1. The van der Waals surface area contributed by atoms with Crippen LogP contribution in [0.4, 0.5) is 5.82 Å². The van der Waals surface area contributed by atoms with E-state index in [9.17, 15) is 4.79 Å². The summed E-state index contributed by atoms with van der Waals surface area (Å²) in [4.78, 5) is 17.7. The van der Waals surface area contributed by atoms with Crippen LogP contribution in [0.2, 0.25) is 0 Å². The third-order valence-electron chi connectivity index (χ3n) is 3.23. The zero-order valence-corrected chi connectivity index (χ0v) is 11.2. The number of aromatic nitrogens is 3. The Hall–Kier alpha value is -1.63. The molecule has 2 aromatic rings. The van der Waals surface area contributed by atoms with Gasteiger partial charge in [-0.1, -0.05) is 0 Å². The fourth-order valence-electron chi connectivity index (χ4n) is 2.31. The van der Waals surface area contributed by atoms with Crippen LogP contribution >= 0.6 is 15.9 Å². The molecule has 1 saturated heterocycles. The first-order valence-corrected chi connectivity index (χ1v) is 6.48. The van der Waals surface area contributed by atoms with Gasteiger partial charge >= 0.3 is 0 Å². The molecular weight excluding hydrogens is 298 g/mol. The van der Waals surface area contributed by atoms with Crippen LogP contribution in [-0.2, 0) is 4.79 Å². The van der Waals surface area contributed by atoms with E-state index in [-0.39, 0.29) is 11.8 Å². The Labute approximate surface area is 112 Å². The van der Waals surface area contributed by atoms with Crippen molar-refractivity contribution in [2.24, 2.45) is 11.7 Å². The smallest absolute Gasteiger partial charge is 0.222 e. The molecular formula is C11H12BrN5O. The van der Waals surface area contributed by atoms with Gasteiger partial charge in [0.15, 0.2) is 5.82 Å². The van der Waals surface area contributed by atoms with Gasteiger partial charge in [0.2, 0.25) is 5.91 Å². The number of rotatable bonds is 2. The van der Waals surface area contributed by atoms with Crippen molar-refractivity contribution in [1.82, 2.24) is 14.6 Å². The molecule has 1 atom stereocenters. The third kappa shape index (κ3) is 1.84. The molecule has 1 fully saturated rings. The highest BCUT2D eigenvalue weighted by Crippen LogP contribution is 2.26. The number of amides is 1. The van der Waals surface area contributed by atoms with Gasteiger partial charge in [0.25, 0.3) is 0 Å². The first-order chi connectivity index (χ1) is 8.65. The van der Waals surface area contributed by atoms with Crippen LogP contribution in [0, 0.1) is 5.92 Å². The van der Waals surface area contributed by atoms with Gasteiger partial charge < -0.3 is 10.6 Å². The molecule has 1 unspecified atom stereocenters. The second-order valence-corrected chi connectivity index (χ2v) is 5.19. The van der Waals surface area contributed by atoms with E-state index in [0.29, 0.717) is 6.54 Å². The Morgan fingerprint density at radius 1 is 1.56 bits per heavy atom. The third-order valence-corrected chi connectivity index (χ3v) is 3.62. The highest BCUT2D eigenvalue weighted by molar-refractivity contribution is 9.10. The fraction of sp³-hybridized carbons (Fsp3) is 0.364. The van der Waals surface area contributed by atoms with Gasteiger partial charge in [-0.3, -0.25) is 4.79 Å². The van der Waals surface area contributed by atoms with Gasteiger partial charge in [-0.05, 0) is 22.4 Å². The molecule has 0 radical (unpaired) electrons. The molecule has 94 valence electrons. The molecule has 3 heterocycles. The number of nitrogens with two attached hydrogens (primary N) is 1. The van der Waals surface area contributed by atoms with Gasteiger partial charge in [0.05, 0.1) is 5.92 Å². The van der Waals surface area contributed by atoms with Crippen LogP contribution in [-0.4, -0.2) is 33.6 Å². The van der Waals surface area contributed by atoms with Gasteiger partial charge in [0.1, 0.15) is 10.1 Å². The summed E-state index contributed by atoms with van der Waals surface area (Å²) in [5.41, 5.74) is 6.27. The van der Waals surface area contributed by atoms with Crippen molar-refractivity contribution < 1.29 is 4.79 Å². The minimum atomic E-state index is -0.237. The fourth-order valence-corrected chi connectivity index (χ4v) is 2.69. The van der Waals surface area contributed by atoms with E-state index in [1.807, 2.05) is 6.07 Å². The highest BCUT2D eigenvalue weighted by atomic mass is 79.9. The lowest BCUT2D eigenvalue weighted by Crippen LogP contribution is -2.27. The maximum Gasteiger partial charge on any atom is 0.222 e. The quantitative estimate of drug-likeness (QED) is 0.890. The molecule has 0 bridgehead atoms. The largest absolute Gasteiger partial charge is 0.369 e. The number of anilines is 1. The average Bonchev–Trinajstić information content (AvgIpc) is 2.92. The molecule has 0 saturated carbocycles. The molecule has 2 N–H and O–H groups in total. The normalized spacial score (nSPS) is 19.6. The molecule has 0 aromatic carbocycles. The van der Waals surface area contributed by atoms with Crippen molar-refractivity contribution in [3.05, 3.63) is 23.1 Å². The lowest BCUT2D eigenvalue weighted by atomic mass is 10.1. The second-order valence-electron chi connectivity index (χ2n) is 4.38. The van der Waals surface area contributed by atoms with Crippen LogP contribution in [0.1, 0.15) is 6.42 Å². The molecule has 0 spiro atoms. The lowest BCUT2D eigenvalue weighted by Gasteiger charge is -2.17. The number of carbonyl (C=O) groups excluding carboxylic acids is 1. The van der Waals surface area contributed by atoms with Crippen molar-refractivity contribution in [2.75, 3.05) is 18.0 Å². The molecule has 1 amide bonds. The summed E-state index contributed by atoms with van der Waals surface area (Å²) in [6, 6.07) is 1.92. The molecule has 6 nitrogen and oxygen atoms in total. The summed E-state index contributed by atoms with van der Waals surface area (Å²) in [7, 11) is 0. The van der Waals surface area contributed by atoms with Crippen LogP contribution in [0.25, 0.3) is 5.52 Å². The highest BCUT2D eigenvalue weighted by Gasteiger charge is 2.28. The first kappa shape index (κ1) is 11.5. The summed E-state index contributed by atoms with van der Waals surface area (Å²) < 4.78 is 2.53. The minimum absolute atomic E-state index is 0.0848. The van der Waals surface area contributed by atoms with Crippen molar-refractivity contribution in [1.29, 1.82) is 0 Å². The van der Waals surface area contributed by atoms with Crippen LogP contribution in [0.15, 0.2) is 23.1 Å². The van der Waals surface area contributed by atoms with E-state index in [4.69, 9.17) is 5.73 Å². The molecule has 1 aliphatic rings. The molecule has 1 aliphatic heterocycles. The zero-order valence-electron chi connectivity index (χ0n) is 9.58. The zero-order chi connectivity index (χ0) is 12.7. The van der Waals surface area contributed by atoms with Gasteiger partial charge in [-0.25, -0.2) is 9.50 Å². The molecule has 2 aromatic heterocycles. The number of fused-ring (bicyclic) bond motifs is 1. The van der Waals surface area contributed by atoms with E-state index < -0.39 is 0 Å². The summed E-state index contributed by atoms with van der Waals surface area (Å²) in [5, 5.41) is 4.27. The predicted molar refractivity (Wildman–Crippen MR) is 70.2 cm³/mol. The molecule has 3 rings (SSSR count). The van der Waals surface area contributed by atoms with Gasteiger partial charge in [0, 0.05) is 31.5 Å². The van der Waals surface area contributed by atoms with E-state index in [1.165, 1.54) is 0 Å². The topological polar surface area (TPSA) is 76.5 Å². The van der Waals surface area contributed by atoms with E-state index in [0.717, 1.165) is 28.9 Å². The van der Waals surface area contributed by atoms with E-state index >= 15 is 0 Å². The van der Waals surface area contributed by atoms with Gasteiger partial charge in [-0.15, -0.1) is 0 Å². The maximum atomic E-state index is 11.2. The van der Waals surface area contributed by atoms with E-state index in [1.54, 1.807) is 16.9 Å². The number of nitrogens with zero attached hydrogens (tertiary/aromatic N) is 4. The summed E-state index contributed by atoms with van der Waals surface area (Å²) >= 11 is 3.35. The van der Waals surface area contributed by atoms with Crippen LogP contribution in [0.3, 0.4) is 0 Å². The number of hydrogen-bond donors (Lipinski definition) is 1. The number of halogens is 1. The average molecular weight is 310 g/mol. The van der Waals surface area contributed by atoms with Crippen molar-refractivity contribution in [3.63, 3.8) is 0 Å². The maximum absolute atomic E-state index is 11.2. The van der Waals surface area contributed by atoms with E-state index in [2.05, 4.69) is 30.9 Å². The van der Waals surface area contributed by atoms with Crippen molar-refractivity contribution in [3.8, 4) is 0 Å². The molecule has 0 aliphatic carbocycles. The number of hydrogen-bond acceptors (Lipinski definition) is 4. The lowest BCUT2D eigenvalue weighted by molar-refractivity contribution is -0.121. The Morgan fingerprint density at radius 2 is 2.39 bits per heavy atom. The SMILES string of the molecule is NC(=O)C1CCN(c2nccn3nc(Br)cc23)C1. The predicted octanol–water partition coefficient (Wildman–Crippen LogP) is 0.803.